The molecule has 0 fully saturated rings. The predicted molar refractivity (Wildman–Crippen MR) is 204 cm³/mol. The van der Waals surface area contributed by atoms with Crippen LogP contribution in [0.15, 0.2) is 162 Å². The van der Waals surface area contributed by atoms with Gasteiger partial charge in [0, 0.05) is 32.7 Å². The Morgan fingerprint density at radius 3 is 2.10 bits per heavy atom. The molecule has 10 rings (SSSR count). The summed E-state index contributed by atoms with van der Waals surface area (Å²) in [6, 6.07) is 48.4. The van der Waals surface area contributed by atoms with Crippen molar-refractivity contribution in [2.24, 2.45) is 0 Å². The van der Waals surface area contributed by atoms with Crippen molar-refractivity contribution in [3.05, 3.63) is 163 Å². The lowest BCUT2D eigenvalue weighted by molar-refractivity contribution is 0.669. The van der Waals surface area contributed by atoms with E-state index in [2.05, 4.69) is 114 Å². The second-order valence-electron chi connectivity index (χ2n) is 12.7. The lowest BCUT2D eigenvalue weighted by Gasteiger charge is -2.12. The topological polar surface area (TPSA) is 56.7 Å². The van der Waals surface area contributed by atoms with E-state index in [0.717, 1.165) is 73.5 Å². The number of hydrogen-bond donors (Lipinski definition) is 0. The zero-order valence-electron chi connectivity index (χ0n) is 27.1. The van der Waals surface area contributed by atoms with Crippen LogP contribution in [0.5, 0.6) is 0 Å². The van der Waals surface area contributed by atoms with Crippen LogP contribution in [0.1, 0.15) is 18.4 Å². The van der Waals surface area contributed by atoms with Crippen molar-refractivity contribution in [3.8, 4) is 39.9 Å². The summed E-state index contributed by atoms with van der Waals surface area (Å²) >= 11 is 0. The lowest BCUT2D eigenvalue weighted by atomic mass is 9.96. The first-order valence-corrected chi connectivity index (χ1v) is 17.0. The Morgan fingerprint density at radius 2 is 1.26 bits per heavy atom. The Bertz CT molecular complexity index is 2810. The first kappa shape index (κ1) is 28.4. The molecule has 1 aliphatic rings. The highest BCUT2D eigenvalue weighted by Gasteiger charge is 2.21. The molecule has 236 valence electrons. The van der Waals surface area contributed by atoms with Crippen LogP contribution in [0, 0.1) is 0 Å². The summed E-state index contributed by atoms with van der Waals surface area (Å²) in [6.07, 6.45) is 8.73. The minimum absolute atomic E-state index is 0.572. The van der Waals surface area contributed by atoms with Crippen LogP contribution in [0.25, 0.3) is 89.2 Å². The van der Waals surface area contributed by atoms with Crippen molar-refractivity contribution in [1.29, 1.82) is 0 Å². The van der Waals surface area contributed by atoms with Gasteiger partial charge in [0.2, 0.25) is 5.95 Å². The first-order valence-electron chi connectivity index (χ1n) is 17.0. The molecular weight excluding hydrogens is 613 g/mol. The number of aromatic nitrogens is 4. The second-order valence-corrected chi connectivity index (χ2v) is 12.7. The van der Waals surface area contributed by atoms with Crippen LogP contribution in [-0.2, 0) is 0 Å². The third kappa shape index (κ3) is 4.66. The van der Waals surface area contributed by atoms with E-state index in [4.69, 9.17) is 19.4 Å². The van der Waals surface area contributed by atoms with Crippen LogP contribution < -0.4 is 0 Å². The third-order valence-corrected chi connectivity index (χ3v) is 9.76. The molecule has 1 aliphatic carbocycles. The summed E-state index contributed by atoms with van der Waals surface area (Å²) in [5, 5.41) is 4.35. The largest absolute Gasteiger partial charge is 0.456 e. The van der Waals surface area contributed by atoms with Gasteiger partial charge in [-0.1, -0.05) is 121 Å². The molecule has 3 aromatic heterocycles. The van der Waals surface area contributed by atoms with Gasteiger partial charge in [0.05, 0.1) is 11.0 Å². The summed E-state index contributed by atoms with van der Waals surface area (Å²) < 4.78 is 8.60. The van der Waals surface area contributed by atoms with Gasteiger partial charge >= 0.3 is 0 Å². The third-order valence-electron chi connectivity index (χ3n) is 9.76. The van der Waals surface area contributed by atoms with Crippen LogP contribution in [-0.4, -0.2) is 19.5 Å². The number of hydrogen-bond acceptors (Lipinski definition) is 4. The molecule has 5 heteroatoms. The van der Waals surface area contributed by atoms with E-state index in [0.29, 0.717) is 17.6 Å². The first-order chi connectivity index (χ1) is 24.8. The summed E-state index contributed by atoms with van der Waals surface area (Å²) in [5.41, 5.74) is 10.4. The smallest absolute Gasteiger partial charge is 0.238 e. The fourth-order valence-corrected chi connectivity index (χ4v) is 7.36. The maximum absolute atomic E-state index is 6.41. The molecule has 5 nitrogen and oxygen atoms in total. The molecule has 0 atom stereocenters. The molecule has 0 aliphatic heterocycles. The number of allylic oxidation sites excluding steroid dienone is 4. The van der Waals surface area contributed by atoms with E-state index in [9.17, 15) is 0 Å². The van der Waals surface area contributed by atoms with E-state index < -0.39 is 0 Å². The number of benzene rings is 6. The van der Waals surface area contributed by atoms with Crippen molar-refractivity contribution in [1.82, 2.24) is 19.5 Å². The fourth-order valence-electron chi connectivity index (χ4n) is 7.36. The Kier molecular flexibility index (Phi) is 6.56. The highest BCUT2D eigenvalue weighted by molar-refractivity contribution is 6.13. The molecule has 0 spiro atoms. The maximum Gasteiger partial charge on any atom is 0.238 e. The van der Waals surface area contributed by atoms with Crippen LogP contribution in [0.3, 0.4) is 0 Å². The number of nitrogens with zero attached hydrogens (tertiary/aromatic N) is 4. The van der Waals surface area contributed by atoms with Crippen molar-refractivity contribution >= 4 is 49.3 Å². The Balaban J connectivity index is 1.23. The molecule has 50 heavy (non-hydrogen) atoms. The van der Waals surface area contributed by atoms with Gasteiger partial charge in [-0.25, -0.2) is 4.98 Å². The molecule has 0 amide bonds. The molecule has 0 saturated carbocycles. The summed E-state index contributed by atoms with van der Waals surface area (Å²) in [6.45, 7) is 0. The number of rotatable bonds is 5. The van der Waals surface area contributed by atoms with Crippen molar-refractivity contribution in [2.45, 2.75) is 12.8 Å². The van der Waals surface area contributed by atoms with Crippen LogP contribution >= 0.6 is 0 Å². The monoisotopic (exact) mass is 642 g/mol. The number of fused-ring (bicyclic) bond motifs is 6. The lowest BCUT2D eigenvalue weighted by Crippen LogP contribution is -2.06. The van der Waals surface area contributed by atoms with E-state index in [1.807, 2.05) is 48.5 Å². The SMILES string of the molecule is C1=CCCC(c2ccc3c(c2)c2ccccc2n3-c2nc(-c3ccccc3)nc(-c3cccc4oc5ccc(-c6ccccc6)cc5c34)n2)=C1. The molecule has 0 saturated heterocycles. The Morgan fingerprint density at radius 1 is 0.520 bits per heavy atom. The Labute approximate surface area is 288 Å². The van der Waals surface area contributed by atoms with Crippen molar-refractivity contribution in [2.75, 3.05) is 0 Å². The quantitative estimate of drug-likeness (QED) is 0.187. The maximum atomic E-state index is 6.41. The van der Waals surface area contributed by atoms with Gasteiger partial charge in [-0.15, -0.1) is 0 Å². The molecule has 3 heterocycles. The number of furan rings is 1. The minimum atomic E-state index is 0.572. The zero-order chi connectivity index (χ0) is 33.0. The zero-order valence-corrected chi connectivity index (χ0v) is 27.1. The molecule has 9 aromatic rings. The molecular formula is C45H30N4O. The highest BCUT2D eigenvalue weighted by Crippen LogP contribution is 2.39. The minimum Gasteiger partial charge on any atom is -0.456 e. The van der Waals surface area contributed by atoms with Crippen molar-refractivity contribution < 1.29 is 4.42 Å². The van der Waals surface area contributed by atoms with Gasteiger partial charge in [0.25, 0.3) is 0 Å². The summed E-state index contributed by atoms with van der Waals surface area (Å²) in [5.74, 6) is 1.78. The fraction of sp³-hybridized carbons (Fsp3) is 0.0444. The van der Waals surface area contributed by atoms with E-state index >= 15 is 0 Å². The molecule has 6 aromatic carbocycles. The van der Waals surface area contributed by atoms with E-state index in [1.54, 1.807) is 0 Å². The molecule has 0 radical (unpaired) electrons. The highest BCUT2D eigenvalue weighted by atomic mass is 16.3. The molecule has 0 unspecified atom stereocenters. The average molecular weight is 643 g/mol. The van der Waals surface area contributed by atoms with Gasteiger partial charge in [-0.2, -0.15) is 9.97 Å². The standard InChI is InChI=1S/C45H30N4O/c1-4-13-29(14-5-1)32-23-25-39-36(27-32)34-19-10-11-21-38(34)49(39)45-47-43(31-17-8-3-9-18-31)46-44(48-45)35-20-12-22-41-42(35)37-28-33(24-26-40(37)50-41)30-15-6-2-7-16-30/h1-4,6-13,15-28H,5,14H2. The van der Waals surface area contributed by atoms with Gasteiger partial charge in [0.15, 0.2) is 11.6 Å². The van der Waals surface area contributed by atoms with E-state index in [1.165, 1.54) is 16.5 Å². The Hall–Kier alpha value is -6.59. The molecule has 0 bridgehead atoms. The summed E-state index contributed by atoms with van der Waals surface area (Å²) in [4.78, 5) is 15.6. The van der Waals surface area contributed by atoms with Gasteiger partial charge < -0.3 is 4.42 Å². The van der Waals surface area contributed by atoms with Crippen LogP contribution in [0.2, 0.25) is 0 Å². The summed E-state index contributed by atoms with van der Waals surface area (Å²) in [7, 11) is 0. The van der Waals surface area contributed by atoms with Gasteiger partial charge in [-0.3, -0.25) is 4.57 Å². The van der Waals surface area contributed by atoms with Crippen molar-refractivity contribution in [3.63, 3.8) is 0 Å². The average Bonchev–Trinajstić information content (AvgIpc) is 3.74. The normalized spacial score (nSPS) is 13.1. The molecule has 0 N–H and O–H groups in total. The van der Waals surface area contributed by atoms with Gasteiger partial charge in [0.1, 0.15) is 11.2 Å². The van der Waals surface area contributed by atoms with Crippen LogP contribution in [0.4, 0.5) is 0 Å². The second kappa shape index (κ2) is 11.5. The van der Waals surface area contributed by atoms with E-state index in [-0.39, 0.29) is 0 Å². The predicted octanol–water partition coefficient (Wildman–Crippen LogP) is 11.6. The number of para-hydroxylation sites is 1. The van der Waals surface area contributed by atoms with Gasteiger partial charge in [-0.05, 0) is 71.5 Å².